The van der Waals surface area contributed by atoms with Crippen molar-refractivity contribution in [1.29, 1.82) is 0 Å². The van der Waals surface area contributed by atoms with Crippen LogP contribution in [-0.4, -0.2) is 20.4 Å². The summed E-state index contributed by atoms with van der Waals surface area (Å²) in [4.78, 5) is 18.1. The van der Waals surface area contributed by atoms with Crippen molar-refractivity contribution in [2.75, 3.05) is 0 Å². The van der Waals surface area contributed by atoms with Crippen LogP contribution in [0.5, 0.6) is 0 Å². The Labute approximate surface area is 196 Å². The molecular formula is C27H21ClN4O. The van der Waals surface area contributed by atoms with Crippen molar-refractivity contribution >= 4 is 28.7 Å². The molecule has 0 aliphatic heterocycles. The van der Waals surface area contributed by atoms with E-state index < -0.39 is 0 Å². The zero-order chi connectivity index (χ0) is 22.9. The monoisotopic (exact) mass is 452 g/mol. The molecule has 5 nitrogen and oxygen atoms in total. The molecular weight excluding hydrogens is 432 g/mol. The molecule has 0 spiro atoms. The van der Waals surface area contributed by atoms with Gasteiger partial charge in [-0.05, 0) is 50.2 Å². The van der Waals surface area contributed by atoms with Gasteiger partial charge in [0.05, 0.1) is 17.1 Å². The van der Waals surface area contributed by atoms with E-state index in [1.54, 1.807) is 12.3 Å². The van der Waals surface area contributed by atoms with E-state index in [9.17, 15) is 4.79 Å². The highest BCUT2D eigenvalue weighted by Crippen LogP contribution is 2.23. The molecule has 0 amide bonds. The third-order valence-corrected chi connectivity index (χ3v) is 5.87. The fraction of sp³-hybridized carbons (Fsp3) is 0.0741. The van der Waals surface area contributed by atoms with Gasteiger partial charge in [0.15, 0.2) is 5.82 Å². The van der Waals surface area contributed by atoms with E-state index in [-0.39, 0.29) is 5.56 Å². The molecule has 0 aliphatic rings. The Bertz CT molecular complexity index is 1560. The summed E-state index contributed by atoms with van der Waals surface area (Å²) in [6.07, 6.45) is 1.72. The number of halogens is 1. The molecule has 3 aromatic carbocycles. The molecule has 5 rings (SSSR count). The molecule has 0 bridgehead atoms. The third kappa shape index (κ3) is 3.88. The van der Waals surface area contributed by atoms with Crippen LogP contribution in [0.3, 0.4) is 0 Å². The van der Waals surface area contributed by atoms with E-state index >= 15 is 0 Å². The first kappa shape index (κ1) is 20.9. The molecule has 0 radical (unpaired) electrons. The summed E-state index contributed by atoms with van der Waals surface area (Å²) in [5.41, 5.74) is 5.19. The van der Waals surface area contributed by atoms with Crippen LogP contribution in [-0.2, 0) is 0 Å². The van der Waals surface area contributed by atoms with Crippen LogP contribution < -0.4 is 5.56 Å². The Balaban J connectivity index is 1.66. The third-order valence-electron chi connectivity index (χ3n) is 5.63. The molecule has 0 fully saturated rings. The molecule has 2 aromatic heterocycles. The normalized spacial score (nSPS) is 11.5. The van der Waals surface area contributed by atoms with Crippen LogP contribution in [0.15, 0.2) is 94.8 Å². The minimum Gasteiger partial charge on any atom is -0.318 e. The Morgan fingerprint density at radius 2 is 1.67 bits per heavy atom. The quantitative estimate of drug-likeness (QED) is 0.314. The second-order valence-corrected chi connectivity index (χ2v) is 8.26. The predicted molar refractivity (Wildman–Crippen MR) is 135 cm³/mol. The summed E-state index contributed by atoms with van der Waals surface area (Å²) in [5.74, 6) is 0.499. The average molecular weight is 453 g/mol. The van der Waals surface area contributed by atoms with Crippen molar-refractivity contribution in [2.24, 2.45) is 5.10 Å². The number of para-hydroxylation sites is 1. The number of rotatable bonds is 4. The minimum absolute atomic E-state index is 0.209. The summed E-state index contributed by atoms with van der Waals surface area (Å²) in [6.45, 7) is 4.05. The summed E-state index contributed by atoms with van der Waals surface area (Å²) in [7, 11) is 0. The molecule has 33 heavy (non-hydrogen) atoms. The first-order valence-electron chi connectivity index (χ1n) is 10.6. The van der Waals surface area contributed by atoms with E-state index in [2.05, 4.69) is 9.67 Å². The van der Waals surface area contributed by atoms with E-state index in [4.69, 9.17) is 16.6 Å². The second-order valence-electron chi connectivity index (χ2n) is 7.82. The summed E-state index contributed by atoms with van der Waals surface area (Å²) < 4.78 is 3.50. The highest BCUT2D eigenvalue weighted by atomic mass is 35.5. The van der Waals surface area contributed by atoms with Gasteiger partial charge in [-0.1, -0.05) is 60.1 Å². The lowest BCUT2D eigenvalue weighted by Crippen LogP contribution is -2.20. The lowest BCUT2D eigenvalue weighted by Gasteiger charge is -2.10. The molecule has 0 N–H and O–H groups in total. The first-order chi connectivity index (χ1) is 16.0. The molecule has 0 aliphatic carbocycles. The maximum absolute atomic E-state index is 13.3. The molecule has 2 heterocycles. The second kappa shape index (κ2) is 8.52. The number of benzene rings is 3. The predicted octanol–water partition coefficient (Wildman–Crippen LogP) is 6.01. The fourth-order valence-electron chi connectivity index (χ4n) is 4.06. The highest BCUT2D eigenvalue weighted by Gasteiger charge is 2.13. The van der Waals surface area contributed by atoms with Crippen LogP contribution >= 0.6 is 11.6 Å². The van der Waals surface area contributed by atoms with Crippen LogP contribution in [0.25, 0.3) is 28.0 Å². The number of fused-ring (bicyclic) bond motifs is 1. The van der Waals surface area contributed by atoms with Gasteiger partial charge in [-0.3, -0.25) is 4.79 Å². The number of hydrogen-bond acceptors (Lipinski definition) is 3. The summed E-state index contributed by atoms with van der Waals surface area (Å²) in [5, 5.41) is 5.81. The van der Waals surface area contributed by atoms with Crippen molar-refractivity contribution in [2.45, 2.75) is 13.8 Å². The smallest absolute Gasteiger partial charge is 0.282 e. The number of aryl methyl sites for hydroxylation is 1. The van der Waals surface area contributed by atoms with Gasteiger partial charge in [-0.2, -0.15) is 9.78 Å². The van der Waals surface area contributed by atoms with Gasteiger partial charge < -0.3 is 4.57 Å². The topological polar surface area (TPSA) is 52.2 Å². The maximum Gasteiger partial charge on any atom is 0.282 e. The van der Waals surface area contributed by atoms with Crippen molar-refractivity contribution in [1.82, 2.24) is 14.2 Å². The van der Waals surface area contributed by atoms with Gasteiger partial charge in [0, 0.05) is 33.2 Å². The molecule has 0 saturated heterocycles. The molecule has 0 atom stereocenters. The van der Waals surface area contributed by atoms with E-state index in [1.165, 1.54) is 4.68 Å². The molecule has 5 aromatic rings. The average Bonchev–Trinajstić information content (AvgIpc) is 3.11. The van der Waals surface area contributed by atoms with Crippen LogP contribution in [0.4, 0.5) is 0 Å². The minimum atomic E-state index is -0.209. The zero-order valence-electron chi connectivity index (χ0n) is 18.2. The lowest BCUT2D eigenvalue weighted by molar-refractivity contribution is 0.829. The van der Waals surface area contributed by atoms with Crippen LogP contribution in [0, 0.1) is 13.8 Å². The summed E-state index contributed by atoms with van der Waals surface area (Å²) >= 11 is 6.20. The van der Waals surface area contributed by atoms with Gasteiger partial charge in [0.25, 0.3) is 5.56 Å². The molecule has 0 saturated carbocycles. The maximum atomic E-state index is 13.3. The van der Waals surface area contributed by atoms with Crippen LogP contribution in [0.1, 0.15) is 17.0 Å². The Morgan fingerprint density at radius 3 is 2.45 bits per heavy atom. The highest BCUT2D eigenvalue weighted by molar-refractivity contribution is 6.30. The van der Waals surface area contributed by atoms with Crippen molar-refractivity contribution in [3.05, 3.63) is 117 Å². The van der Waals surface area contributed by atoms with Gasteiger partial charge in [0.1, 0.15) is 0 Å². The molecule has 162 valence electrons. The van der Waals surface area contributed by atoms with Gasteiger partial charge in [0.2, 0.25) is 0 Å². The Hall–Kier alpha value is -3.96. The number of hydrogen-bond donors (Lipinski definition) is 0. The van der Waals surface area contributed by atoms with Crippen molar-refractivity contribution in [3.63, 3.8) is 0 Å². The Kier molecular flexibility index (Phi) is 5.40. The number of nitrogens with zero attached hydrogens (tertiary/aromatic N) is 4. The Morgan fingerprint density at radius 1 is 0.909 bits per heavy atom. The SMILES string of the molecule is Cc1cc(C=Nn2c(-c3ccccc3)nc3ccccc3c2=O)c(C)n1-c1cccc(Cl)c1. The largest absolute Gasteiger partial charge is 0.318 e. The van der Waals surface area contributed by atoms with Crippen molar-refractivity contribution < 1.29 is 0 Å². The standard InChI is InChI=1S/C27H21ClN4O/c1-18-15-21(19(2)31(18)23-12-8-11-22(28)16-23)17-29-32-26(20-9-4-3-5-10-20)30-25-14-7-6-13-24(25)27(32)33/h3-17H,1-2H3. The van der Waals surface area contributed by atoms with E-state index in [1.807, 2.05) is 92.7 Å². The molecule has 6 heteroatoms. The lowest BCUT2D eigenvalue weighted by atomic mass is 10.2. The van der Waals surface area contributed by atoms with Gasteiger partial charge in [-0.25, -0.2) is 4.98 Å². The van der Waals surface area contributed by atoms with Gasteiger partial charge in [-0.15, -0.1) is 0 Å². The zero-order valence-corrected chi connectivity index (χ0v) is 19.0. The number of aromatic nitrogens is 3. The van der Waals surface area contributed by atoms with Crippen molar-refractivity contribution in [3.8, 4) is 17.1 Å². The first-order valence-corrected chi connectivity index (χ1v) is 11.0. The van der Waals surface area contributed by atoms with E-state index in [0.717, 1.165) is 28.2 Å². The fourth-order valence-corrected chi connectivity index (χ4v) is 4.24. The summed E-state index contributed by atoms with van der Waals surface area (Å²) in [6, 6.07) is 26.7. The van der Waals surface area contributed by atoms with Gasteiger partial charge >= 0.3 is 0 Å². The van der Waals surface area contributed by atoms with Crippen LogP contribution in [0.2, 0.25) is 5.02 Å². The van der Waals surface area contributed by atoms with E-state index in [0.29, 0.717) is 21.7 Å². The molecule has 0 unspecified atom stereocenters.